The van der Waals surface area contributed by atoms with Crippen LogP contribution < -0.4 is 5.32 Å². The summed E-state index contributed by atoms with van der Waals surface area (Å²) in [7, 11) is 3.61. The predicted octanol–water partition coefficient (Wildman–Crippen LogP) is 1.49. The molecule has 3 heteroatoms. The smallest absolute Gasteiger partial charge is 0.239 e. The largest absolute Gasteiger partial charge is 0.347 e. The van der Waals surface area contributed by atoms with Gasteiger partial charge in [0.25, 0.3) is 0 Å². The molecular formula is C11H24N2O. The highest BCUT2D eigenvalue weighted by atomic mass is 16.2. The molecule has 1 unspecified atom stereocenters. The standard InChI is InChI=1S/C11H24N2O/c1-8(2)7-10(12-9(3)4)11(14)13(5)6/h8-10,12H,7H2,1-6H3. The fourth-order valence-electron chi connectivity index (χ4n) is 1.43. The maximum Gasteiger partial charge on any atom is 0.239 e. The summed E-state index contributed by atoms with van der Waals surface area (Å²) in [6.07, 6.45) is 0.898. The number of likely N-dealkylation sites (N-methyl/N-ethyl adjacent to an activating group) is 1. The molecule has 0 aromatic carbocycles. The quantitative estimate of drug-likeness (QED) is 0.729. The van der Waals surface area contributed by atoms with Crippen LogP contribution >= 0.6 is 0 Å². The van der Waals surface area contributed by atoms with Gasteiger partial charge in [0.2, 0.25) is 5.91 Å². The van der Waals surface area contributed by atoms with Crippen LogP contribution in [0, 0.1) is 5.92 Å². The average molecular weight is 200 g/mol. The summed E-state index contributed by atoms with van der Waals surface area (Å²) in [5.74, 6) is 0.711. The summed E-state index contributed by atoms with van der Waals surface area (Å²) in [5, 5.41) is 3.30. The second kappa shape index (κ2) is 6.02. The Morgan fingerprint density at radius 3 is 2.00 bits per heavy atom. The maximum atomic E-state index is 11.8. The van der Waals surface area contributed by atoms with Crippen molar-refractivity contribution < 1.29 is 4.79 Å². The van der Waals surface area contributed by atoms with Crippen molar-refractivity contribution in [1.29, 1.82) is 0 Å². The molecule has 0 aromatic rings. The molecule has 0 spiro atoms. The molecule has 1 N–H and O–H groups in total. The second-order valence-corrected chi connectivity index (χ2v) is 4.74. The van der Waals surface area contributed by atoms with Gasteiger partial charge in [-0.15, -0.1) is 0 Å². The van der Waals surface area contributed by atoms with Crippen LogP contribution in [-0.4, -0.2) is 37.0 Å². The van der Waals surface area contributed by atoms with E-state index in [4.69, 9.17) is 0 Å². The zero-order chi connectivity index (χ0) is 11.3. The van der Waals surface area contributed by atoms with E-state index in [1.807, 2.05) is 0 Å². The molecule has 0 aliphatic carbocycles. The number of nitrogens with one attached hydrogen (secondary N) is 1. The Kier molecular flexibility index (Phi) is 5.77. The normalized spacial score (nSPS) is 13.4. The first-order valence-electron chi connectivity index (χ1n) is 5.31. The van der Waals surface area contributed by atoms with Crippen molar-refractivity contribution in [1.82, 2.24) is 10.2 Å². The van der Waals surface area contributed by atoms with Gasteiger partial charge in [-0.3, -0.25) is 4.79 Å². The zero-order valence-corrected chi connectivity index (χ0v) is 10.3. The first-order chi connectivity index (χ1) is 6.34. The number of nitrogens with zero attached hydrogens (tertiary/aromatic N) is 1. The van der Waals surface area contributed by atoms with Crippen molar-refractivity contribution in [3.63, 3.8) is 0 Å². The van der Waals surface area contributed by atoms with E-state index in [1.165, 1.54) is 0 Å². The van der Waals surface area contributed by atoms with Crippen LogP contribution in [-0.2, 0) is 4.79 Å². The van der Waals surface area contributed by atoms with Crippen LogP contribution in [0.4, 0.5) is 0 Å². The summed E-state index contributed by atoms with van der Waals surface area (Å²) in [6.45, 7) is 8.41. The van der Waals surface area contributed by atoms with Crippen LogP contribution in [0.25, 0.3) is 0 Å². The van der Waals surface area contributed by atoms with E-state index < -0.39 is 0 Å². The summed E-state index contributed by atoms with van der Waals surface area (Å²) >= 11 is 0. The van der Waals surface area contributed by atoms with Gasteiger partial charge in [-0.05, 0) is 12.3 Å². The highest BCUT2D eigenvalue weighted by molar-refractivity contribution is 5.81. The third-order valence-electron chi connectivity index (χ3n) is 1.98. The van der Waals surface area contributed by atoms with E-state index in [2.05, 4.69) is 33.0 Å². The van der Waals surface area contributed by atoms with E-state index in [-0.39, 0.29) is 11.9 Å². The summed E-state index contributed by atoms with van der Waals surface area (Å²) < 4.78 is 0. The van der Waals surface area contributed by atoms with E-state index in [0.29, 0.717) is 12.0 Å². The van der Waals surface area contributed by atoms with Gasteiger partial charge in [-0.25, -0.2) is 0 Å². The first-order valence-corrected chi connectivity index (χ1v) is 5.31. The molecule has 3 nitrogen and oxygen atoms in total. The van der Waals surface area contributed by atoms with Crippen LogP contribution in [0.5, 0.6) is 0 Å². The van der Waals surface area contributed by atoms with Gasteiger partial charge in [0.1, 0.15) is 0 Å². The molecule has 14 heavy (non-hydrogen) atoms. The van der Waals surface area contributed by atoms with Crippen LogP contribution in [0.2, 0.25) is 0 Å². The first kappa shape index (κ1) is 13.4. The molecule has 1 amide bonds. The lowest BCUT2D eigenvalue weighted by Crippen LogP contribution is -2.46. The Bertz CT molecular complexity index is 166. The number of amides is 1. The average Bonchev–Trinajstić information content (AvgIpc) is 1.99. The molecule has 0 rings (SSSR count). The van der Waals surface area contributed by atoms with Gasteiger partial charge in [0.05, 0.1) is 6.04 Å². The number of carbonyl (C=O) groups excluding carboxylic acids is 1. The number of hydrogen-bond donors (Lipinski definition) is 1. The van der Waals surface area contributed by atoms with E-state index in [0.717, 1.165) is 6.42 Å². The minimum Gasteiger partial charge on any atom is -0.347 e. The highest BCUT2D eigenvalue weighted by Crippen LogP contribution is 2.07. The van der Waals surface area contributed by atoms with Gasteiger partial charge in [0, 0.05) is 20.1 Å². The molecular weight excluding hydrogens is 176 g/mol. The molecule has 0 heterocycles. The lowest BCUT2D eigenvalue weighted by molar-refractivity contribution is -0.131. The highest BCUT2D eigenvalue weighted by Gasteiger charge is 2.21. The molecule has 0 fully saturated rings. The number of rotatable bonds is 5. The van der Waals surface area contributed by atoms with E-state index in [1.54, 1.807) is 19.0 Å². The Morgan fingerprint density at radius 1 is 1.21 bits per heavy atom. The van der Waals surface area contributed by atoms with E-state index in [9.17, 15) is 4.79 Å². The summed E-state index contributed by atoms with van der Waals surface area (Å²) in [6, 6.07) is 0.313. The maximum absolute atomic E-state index is 11.8. The number of carbonyl (C=O) groups is 1. The van der Waals surface area contributed by atoms with Crippen molar-refractivity contribution in [3.05, 3.63) is 0 Å². The van der Waals surface area contributed by atoms with Gasteiger partial charge in [0.15, 0.2) is 0 Å². The van der Waals surface area contributed by atoms with Crippen molar-refractivity contribution >= 4 is 5.91 Å². The van der Waals surface area contributed by atoms with Gasteiger partial charge in [-0.1, -0.05) is 27.7 Å². The molecule has 0 aromatic heterocycles. The molecule has 1 atom stereocenters. The summed E-state index contributed by atoms with van der Waals surface area (Å²) in [4.78, 5) is 13.4. The Morgan fingerprint density at radius 2 is 1.71 bits per heavy atom. The topological polar surface area (TPSA) is 32.3 Å². The lowest BCUT2D eigenvalue weighted by atomic mass is 10.0. The monoisotopic (exact) mass is 200 g/mol. The van der Waals surface area contributed by atoms with E-state index >= 15 is 0 Å². The van der Waals surface area contributed by atoms with Crippen molar-refractivity contribution in [2.75, 3.05) is 14.1 Å². The van der Waals surface area contributed by atoms with Gasteiger partial charge >= 0.3 is 0 Å². The Balaban J connectivity index is 4.31. The molecule has 0 radical (unpaired) electrons. The Hall–Kier alpha value is -0.570. The fourth-order valence-corrected chi connectivity index (χ4v) is 1.43. The minimum absolute atomic E-state index is 0.0370. The Labute approximate surface area is 87.9 Å². The van der Waals surface area contributed by atoms with Crippen LogP contribution in [0.1, 0.15) is 34.1 Å². The van der Waals surface area contributed by atoms with Crippen molar-refractivity contribution in [3.8, 4) is 0 Å². The van der Waals surface area contributed by atoms with Crippen LogP contribution in [0.15, 0.2) is 0 Å². The lowest BCUT2D eigenvalue weighted by Gasteiger charge is -2.25. The molecule has 0 bridgehead atoms. The second-order valence-electron chi connectivity index (χ2n) is 4.74. The van der Waals surface area contributed by atoms with Gasteiger partial charge in [-0.2, -0.15) is 0 Å². The SMILES string of the molecule is CC(C)CC(NC(C)C)C(=O)N(C)C. The molecule has 0 saturated heterocycles. The molecule has 0 aliphatic heterocycles. The third-order valence-corrected chi connectivity index (χ3v) is 1.98. The zero-order valence-electron chi connectivity index (χ0n) is 10.3. The molecule has 84 valence electrons. The third kappa shape index (κ3) is 5.22. The fraction of sp³-hybridized carbons (Fsp3) is 0.909. The van der Waals surface area contributed by atoms with Gasteiger partial charge < -0.3 is 10.2 Å². The molecule has 0 saturated carbocycles. The minimum atomic E-state index is -0.0370. The van der Waals surface area contributed by atoms with Crippen LogP contribution in [0.3, 0.4) is 0 Å². The summed E-state index contributed by atoms with van der Waals surface area (Å²) in [5.41, 5.74) is 0. The number of hydrogen-bond acceptors (Lipinski definition) is 2. The van der Waals surface area contributed by atoms with Crippen molar-refractivity contribution in [2.45, 2.75) is 46.2 Å². The van der Waals surface area contributed by atoms with Crippen molar-refractivity contribution in [2.24, 2.45) is 5.92 Å². The molecule has 0 aliphatic rings. The predicted molar refractivity (Wildman–Crippen MR) is 60.2 cm³/mol.